The molecule has 0 saturated carbocycles. The first-order valence-electron chi connectivity index (χ1n) is 10.7. The van der Waals surface area contributed by atoms with E-state index in [2.05, 4.69) is 61.8 Å². The van der Waals surface area contributed by atoms with Crippen LogP contribution >= 0.6 is 0 Å². The number of aryl methyl sites for hydroxylation is 2. The van der Waals surface area contributed by atoms with Crippen LogP contribution in [-0.2, 0) is 12.8 Å². The Morgan fingerprint density at radius 1 is 0.600 bits per heavy atom. The van der Waals surface area contributed by atoms with Crippen molar-refractivity contribution in [3.05, 3.63) is 106 Å². The Kier molecular flexibility index (Phi) is 7.88. The van der Waals surface area contributed by atoms with Crippen LogP contribution in [0.5, 0.6) is 0 Å². The fraction of sp³-hybridized carbons (Fsp3) is 0.241. The number of hydrogen-bond donors (Lipinski definition) is 0. The van der Waals surface area contributed by atoms with Gasteiger partial charge in [-0.3, -0.25) is 0 Å². The molecule has 0 radical (unpaired) electrons. The maximum Gasteiger partial charge on any atom is 0.139 e. The molecule has 0 atom stereocenters. The SMILES string of the molecule is CCCCc1ccc(C#Cc2ccc(C#Cc3ccc(CCC)cc3)cc2)c(F)c1. The average Bonchev–Trinajstić information content (AvgIpc) is 2.77. The maximum absolute atomic E-state index is 14.3. The van der Waals surface area contributed by atoms with Crippen molar-refractivity contribution in [3.8, 4) is 23.7 Å². The summed E-state index contributed by atoms with van der Waals surface area (Å²) < 4.78 is 14.3. The monoisotopic (exact) mass is 394 g/mol. The van der Waals surface area contributed by atoms with E-state index in [9.17, 15) is 4.39 Å². The second-order valence-corrected chi connectivity index (χ2v) is 7.44. The molecule has 150 valence electrons. The third kappa shape index (κ3) is 6.37. The Bertz CT molecular complexity index is 1080. The van der Waals surface area contributed by atoms with E-state index in [4.69, 9.17) is 0 Å². The van der Waals surface area contributed by atoms with Gasteiger partial charge in [-0.2, -0.15) is 0 Å². The van der Waals surface area contributed by atoms with E-state index in [0.717, 1.165) is 54.4 Å². The zero-order chi connectivity index (χ0) is 21.2. The van der Waals surface area contributed by atoms with Crippen LogP contribution in [0, 0.1) is 29.5 Å². The molecule has 3 aromatic rings. The summed E-state index contributed by atoms with van der Waals surface area (Å²) in [4.78, 5) is 0. The molecule has 0 heterocycles. The molecule has 0 fully saturated rings. The molecule has 0 aliphatic heterocycles. The van der Waals surface area contributed by atoms with Gasteiger partial charge in [0.15, 0.2) is 0 Å². The highest BCUT2D eigenvalue weighted by atomic mass is 19.1. The quantitative estimate of drug-likeness (QED) is 0.412. The lowest BCUT2D eigenvalue weighted by molar-refractivity contribution is 0.620. The van der Waals surface area contributed by atoms with Crippen LogP contribution in [0.15, 0.2) is 66.7 Å². The number of hydrogen-bond acceptors (Lipinski definition) is 0. The molecule has 3 aromatic carbocycles. The standard InChI is InChI=1S/C29H27F/c1-3-5-7-27-19-21-28(29(30)22-27)20-18-26-16-14-25(15-17-26)13-12-24-10-8-23(6-4-2)9-11-24/h8-11,14-17,19,21-22H,3-7H2,1-2H3. The molecule has 0 aliphatic carbocycles. The first kappa shape index (κ1) is 21.4. The van der Waals surface area contributed by atoms with Crippen molar-refractivity contribution in [2.75, 3.05) is 0 Å². The number of rotatable bonds is 5. The van der Waals surface area contributed by atoms with Crippen molar-refractivity contribution in [1.29, 1.82) is 0 Å². The molecule has 0 aliphatic rings. The molecular formula is C29H27F. The molecule has 0 aromatic heterocycles. The predicted octanol–water partition coefficient (Wildman–Crippen LogP) is 6.92. The molecule has 3 rings (SSSR count). The van der Waals surface area contributed by atoms with Crippen molar-refractivity contribution in [2.45, 2.75) is 46.0 Å². The molecule has 0 N–H and O–H groups in total. The van der Waals surface area contributed by atoms with Crippen LogP contribution in [0.1, 0.15) is 66.5 Å². The van der Waals surface area contributed by atoms with Crippen LogP contribution in [0.3, 0.4) is 0 Å². The van der Waals surface area contributed by atoms with Crippen LogP contribution < -0.4 is 0 Å². The Labute approximate surface area is 180 Å². The van der Waals surface area contributed by atoms with Crippen LogP contribution in [-0.4, -0.2) is 0 Å². The third-order valence-electron chi connectivity index (χ3n) is 4.92. The van der Waals surface area contributed by atoms with Gasteiger partial charge in [0.05, 0.1) is 5.56 Å². The zero-order valence-corrected chi connectivity index (χ0v) is 17.8. The fourth-order valence-corrected chi connectivity index (χ4v) is 3.16. The zero-order valence-electron chi connectivity index (χ0n) is 17.8. The fourth-order valence-electron chi connectivity index (χ4n) is 3.16. The summed E-state index contributed by atoms with van der Waals surface area (Å²) in [6.45, 7) is 4.32. The highest BCUT2D eigenvalue weighted by Gasteiger charge is 2.01. The summed E-state index contributed by atoms with van der Waals surface area (Å²) >= 11 is 0. The second-order valence-electron chi connectivity index (χ2n) is 7.44. The molecule has 0 amide bonds. The van der Waals surface area contributed by atoms with Crippen LogP contribution in [0.4, 0.5) is 4.39 Å². The summed E-state index contributed by atoms with van der Waals surface area (Å²) in [7, 11) is 0. The van der Waals surface area contributed by atoms with E-state index < -0.39 is 0 Å². The molecule has 1 heteroatoms. The molecule has 0 bridgehead atoms. The summed E-state index contributed by atoms with van der Waals surface area (Å²) in [5, 5.41) is 0. The van der Waals surface area contributed by atoms with Gasteiger partial charge in [-0.15, -0.1) is 0 Å². The van der Waals surface area contributed by atoms with Gasteiger partial charge in [0.25, 0.3) is 0 Å². The summed E-state index contributed by atoms with van der Waals surface area (Å²) in [5.74, 6) is 12.1. The van der Waals surface area contributed by atoms with Gasteiger partial charge in [-0.25, -0.2) is 4.39 Å². The molecule has 0 nitrogen and oxygen atoms in total. The minimum atomic E-state index is -0.247. The molecular weight excluding hydrogens is 367 g/mol. The maximum atomic E-state index is 14.3. The van der Waals surface area contributed by atoms with Crippen molar-refractivity contribution in [1.82, 2.24) is 0 Å². The van der Waals surface area contributed by atoms with E-state index in [1.807, 2.05) is 30.3 Å². The predicted molar refractivity (Wildman–Crippen MR) is 124 cm³/mol. The van der Waals surface area contributed by atoms with E-state index in [-0.39, 0.29) is 5.82 Å². The average molecular weight is 395 g/mol. The Balaban J connectivity index is 1.66. The number of halogens is 1. The third-order valence-corrected chi connectivity index (χ3v) is 4.92. The van der Waals surface area contributed by atoms with Crippen molar-refractivity contribution < 1.29 is 4.39 Å². The van der Waals surface area contributed by atoms with Gasteiger partial charge in [0.1, 0.15) is 5.82 Å². The summed E-state index contributed by atoms with van der Waals surface area (Å²) in [6, 6.07) is 21.5. The van der Waals surface area contributed by atoms with Gasteiger partial charge in [-0.1, -0.05) is 68.6 Å². The lowest BCUT2D eigenvalue weighted by Gasteiger charge is -2.01. The van der Waals surface area contributed by atoms with Gasteiger partial charge >= 0.3 is 0 Å². The smallest absolute Gasteiger partial charge is 0.139 e. The number of benzene rings is 3. The van der Waals surface area contributed by atoms with Crippen LogP contribution in [0.2, 0.25) is 0 Å². The highest BCUT2D eigenvalue weighted by molar-refractivity contribution is 5.48. The minimum absolute atomic E-state index is 0.247. The van der Waals surface area contributed by atoms with E-state index >= 15 is 0 Å². The Morgan fingerprint density at radius 2 is 1.13 bits per heavy atom. The number of unbranched alkanes of at least 4 members (excludes halogenated alkanes) is 1. The second kappa shape index (κ2) is 11.0. The van der Waals surface area contributed by atoms with Gasteiger partial charge in [0, 0.05) is 16.7 Å². The summed E-state index contributed by atoms with van der Waals surface area (Å²) in [6.07, 6.45) is 5.34. The lowest BCUT2D eigenvalue weighted by Crippen LogP contribution is -1.90. The Hall–Kier alpha value is -3.29. The topological polar surface area (TPSA) is 0 Å². The van der Waals surface area contributed by atoms with E-state index in [1.165, 1.54) is 5.56 Å². The van der Waals surface area contributed by atoms with E-state index in [1.54, 1.807) is 12.1 Å². The molecule has 0 saturated heterocycles. The van der Waals surface area contributed by atoms with Crippen LogP contribution in [0.25, 0.3) is 0 Å². The lowest BCUT2D eigenvalue weighted by atomic mass is 10.1. The molecule has 30 heavy (non-hydrogen) atoms. The van der Waals surface area contributed by atoms with E-state index in [0.29, 0.717) is 5.56 Å². The largest absolute Gasteiger partial charge is 0.206 e. The molecule has 0 unspecified atom stereocenters. The van der Waals surface area contributed by atoms with Crippen molar-refractivity contribution in [3.63, 3.8) is 0 Å². The van der Waals surface area contributed by atoms with Gasteiger partial charge < -0.3 is 0 Å². The first-order chi connectivity index (χ1) is 14.7. The van der Waals surface area contributed by atoms with Crippen molar-refractivity contribution >= 4 is 0 Å². The van der Waals surface area contributed by atoms with Gasteiger partial charge in [-0.05, 0) is 78.9 Å². The highest BCUT2D eigenvalue weighted by Crippen LogP contribution is 2.12. The first-order valence-corrected chi connectivity index (χ1v) is 10.7. The summed E-state index contributed by atoms with van der Waals surface area (Å²) in [5.41, 5.74) is 5.60. The van der Waals surface area contributed by atoms with Crippen molar-refractivity contribution in [2.24, 2.45) is 0 Å². The minimum Gasteiger partial charge on any atom is -0.206 e. The molecule has 0 spiro atoms. The Morgan fingerprint density at radius 3 is 1.67 bits per heavy atom. The normalized spacial score (nSPS) is 9.97. The van der Waals surface area contributed by atoms with Gasteiger partial charge in [0.2, 0.25) is 0 Å².